The molecule has 5 heteroatoms. The fourth-order valence-corrected chi connectivity index (χ4v) is 12.1. The molecular weight excluding hydrogens is 997 g/mol. The maximum absolute atomic E-state index is 6.62. The number of para-hydroxylation sites is 1. The quantitative estimate of drug-likeness (QED) is 0.145. The fraction of sp³-hybridized carbons (Fsp3) is 0. The highest BCUT2D eigenvalue weighted by Gasteiger charge is 2.22. The summed E-state index contributed by atoms with van der Waals surface area (Å²) in [6.07, 6.45) is 0. The first-order valence-electron chi connectivity index (χ1n) is 27.8. The third-order valence-corrected chi connectivity index (χ3v) is 16.3. The van der Waals surface area contributed by atoms with Crippen LogP contribution in [0.5, 0.6) is 0 Å². The van der Waals surface area contributed by atoms with Crippen molar-refractivity contribution in [2.24, 2.45) is 0 Å². The van der Waals surface area contributed by atoms with E-state index in [2.05, 4.69) is 284 Å². The molecule has 0 aliphatic rings. The van der Waals surface area contributed by atoms with E-state index >= 15 is 0 Å². The molecule has 0 saturated heterocycles. The normalized spacial score (nSPS) is 11.7. The Balaban J connectivity index is 0.873. The van der Waals surface area contributed by atoms with Crippen LogP contribution < -0.4 is 0 Å². The summed E-state index contributed by atoms with van der Waals surface area (Å²) in [7, 11) is 0. The van der Waals surface area contributed by atoms with E-state index < -0.39 is 0 Å². The number of nitrogens with zero attached hydrogens (tertiary/aromatic N) is 4. The molecule has 382 valence electrons. The number of furan rings is 1. The molecule has 0 amide bonds. The smallest absolute Gasteiger partial charge is 0.164 e. The van der Waals surface area contributed by atoms with Gasteiger partial charge in [0.1, 0.15) is 11.2 Å². The van der Waals surface area contributed by atoms with Crippen molar-refractivity contribution in [2.75, 3.05) is 0 Å². The molecule has 0 N–H and O–H groups in total. The highest BCUT2D eigenvalue weighted by Crippen LogP contribution is 2.43. The van der Waals surface area contributed by atoms with Gasteiger partial charge in [0.25, 0.3) is 0 Å². The maximum atomic E-state index is 6.62. The predicted molar refractivity (Wildman–Crippen MR) is 340 cm³/mol. The summed E-state index contributed by atoms with van der Waals surface area (Å²) in [5, 5.41) is 9.29. The van der Waals surface area contributed by atoms with Gasteiger partial charge in [-0.3, -0.25) is 0 Å². The highest BCUT2D eigenvalue weighted by atomic mass is 16.3. The van der Waals surface area contributed by atoms with Crippen molar-refractivity contribution in [1.82, 2.24) is 19.5 Å². The number of rotatable bonds is 9. The van der Waals surface area contributed by atoms with E-state index in [0.29, 0.717) is 17.5 Å². The molecule has 0 saturated carbocycles. The Morgan fingerprint density at radius 2 is 0.659 bits per heavy atom. The molecule has 0 aliphatic carbocycles. The second-order valence-corrected chi connectivity index (χ2v) is 21.1. The van der Waals surface area contributed by atoms with Gasteiger partial charge in [0.05, 0.1) is 16.7 Å². The summed E-state index contributed by atoms with van der Waals surface area (Å²) in [5.74, 6) is 1.74. The van der Waals surface area contributed by atoms with Crippen LogP contribution in [0.1, 0.15) is 0 Å². The molecule has 16 aromatic rings. The van der Waals surface area contributed by atoms with Crippen LogP contribution in [0.15, 0.2) is 296 Å². The summed E-state index contributed by atoms with van der Waals surface area (Å²) in [4.78, 5) is 16.0. The zero-order chi connectivity index (χ0) is 54.1. The third-order valence-electron chi connectivity index (χ3n) is 16.3. The molecular formula is C77H48N4O. The fourth-order valence-electron chi connectivity index (χ4n) is 12.1. The van der Waals surface area contributed by atoms with Gasteiger partial charge in [0.2, 0.25) is 0 Å². The Labute approximate surface area is 473 Å². The van der Waals surface area contributed by atoms with E-state index in [9.17, 15) is 0 Å². The molecule has 0 spiro atoms. The summed E-state index contributed by atoms with van der Waals surface area (Å²) in [6, 6.07) is 104. The van der Waals surface area contributed by atoms with Crippen molar-refractivity contribution in [3.8, 4) is 95.5 Å². The van der Waals surface area contributed by atoms with E-state index in [0.717, 1.165) is 88.7 Å². The average molecular weight is 1050 g/mol. The highest BCUT2D eigenvalue weighted by molar-refractivity contribution is 6.21. The van der Waals surface area contributed by atoms with Crippen molar-refractivity contribution in [1.29, 1.82) is 0 Å². The Morgan fingerprint density at radius 1 is 0.244 bits per heavy atom. The SMILES string of the molecule is c1ccc(-c2ccc(-c3ccc(-c4nc(-c5ccc(-c6ccc(-c7ccccc7)cc6)cc5)nc(-c5ccc(-n6c7cc8ccccc8cc7c7ccc8ccccc8c76)c(-c6ccc7c(c6)oc6ccccc67)c5)n4)cc3)cc2)cc1. The molecule has 3 aromatic heterocycles. The number of aromatic nitrogens is 4. The van der Waals surface area contributed by atoms with Gasteiger partial charge in [-0.2, -0.15) is 0 Å². The lowest BCUT2D eigenvalue weighted by atomic mass is 9.98. The van der Waals surface area contributed by atoms with Crippen molar-refractivity contribution in [2.45, 2.75) is 0 Å². The first kappa shape index (κ1) is 47.0. The Morgan fingerprint density at radius 3 is 1.23 bits per heavy atom. The second kappa shape index (κ2) is 19.4. The topological polar surface area (TPSA) is 56.7 Å². The summed E-state index contributed by atoms with van der Waals surface area (Å²) < 4.78 is 9.09. The summed E-state index contributed by atoms with van der Waals surface area (Å²) in [5.41, 5.74) is 18.9. The zero-order valence-electron chi connectivity index (χ0n) is 44.4. The van der Waals surface area contributed by atoms with Gasteiger partial charge in [0, 0.05) is 49.2 Å². The lowest BCUT2D eigenvalue weighted by Gasteiger charge is -2.17. The van der Waals surface area contributed by atoms with Crippen LogP contribution in [-0.4, -0.2) is 19.5 Å². The van der Waals surface area contributed by atoms with Gasteiger partial charge >= 0.3 is 0 Å². The predicted octanol–water partition coefficient (Wildman–Crippen LogP) is 20.5. The molecule has 0 fully saturated rings. The van der Waals surface area contributed by atoms with Crippen LogP contribution in [0.3, 0.4) is 0 Å². The van der Waals surface area contributed by atoms with E-state index in [1.165, 1.54) is 54.6 Å². The van der Waals surface area contributed by atoms with Crippen LogP contribution in [0, 0.1) is 0 Å². The van der Waals surface area contributed by atoms with Gasteiger partial charge in [-0.15, -0.1) is 0 Å². The van der Waals surface area contributed by atoms with Crippen molar-refractivity contribution in [3.05, 3.63) is 291 Å². The minimum absolute atomic E-state index is 0.567. The lowest BCUT2D eigenvalue weighted by molar-refractivity contribution is 0.669. The average Bonchev–Trinajstić information content (AvgIpc) is 4.31. The lowest BCUT2D eigenvalue weighted by Crippen LogP contribution is -2.02. The third kappa shape index (κ3) is 8.22. The Kier molecular flexibility index (Phi) is 11.1. The number of hydrogen-bond acceptors (Lipinski definition) is 4. The van der Waals surface area contributed by atoms with Crippen LogP contribution in [0.25, 0.3) is 161 Å². The van der Waals surface area contributed by atoms with Crippen LogP contribution in [0.4, 0.5) is 0 Å². The van der Waals surface area contributed by atoms with Gasteiger partial charge in [-0.25, -0.2) is 15.0 Å². The molecule has 0 radical (unpaired) electrons. The summed E-state index contributed by atoms with van der Waals surface area (Å²) >= 11 is 0. The summed E-state index contributed by atoms with van der Waals surface area (Å²) in [6.45, 7) is 0. The molecule has 0 atom stereocenters. The molecule has 16 rings (SSSR count). The van der Waals surface area contributed by atoms with Gasteiger partial charge < -0.3 is 8.98 Å². The Hall–Kier alpha value is -11.0. The standard InChI is InChI=1S/C77H48N4O/c1-3-13-49(14-4-1)51-23-27-53(28-24-51)55-31-35-58(36-32-55)75-78-76(59-37-33-56(34-38-59)54-29-25-52(26-30-54)50-15-5-2-6-16-50)80-77(79-75)63-41-44-70(68(46-63)62-40-42-66-65-21-11-12-22-72(65)82-73(66)48-62)81-71-47-61-19-8-7-18-60(61)45-69(71)67-43-39-57-17-9-10-20-64(57)74(67)81/h1-48H. The largest absolute Gasteiger partial charge is 0.456 e. The number of fused-ring (bicyclic) bond motifs is 9. The van der Waals surface area contributed by atoms with E-state index in [-0.39, 0.29) is 0 Å². The van der Waals surface area contributed by atoms with Crippen molar-refractivity contribution in [3.63, 3.8) is 0 Å². The van der Waals surface area contributed by atoms with Gasteiger partial charge in [-0.1, -0.05) is 243 Å². The van der Waals surface area contributed by atoms with Crippen molar-refractivity contribution >= 4 is 65.3 Å². The number of benzene rings is 13. The van der Waals surface area contributed by atoms with Gasteiger partial charge in [0.15, 0.2) is 17.5 Å². The molecule has 5 nitrogen and oxygen atoms in total. The minimum atomic E-state index is 0.567. The molecule has 13 aromatic carbocycles. The molecule has 0 unspecified atom stereocenters. The maximum Gasteiger partial charge on any atom is 0.164 e. The molecule has 3 heterocycles. The van der Waals surface area contributed by atoms with Crippen molar-refractivity contribution < 1.29 is 4.42 Å². The first-order chi connectivity index (χ1) is 40.6. The number of hydrogen-bond donors (Lipinski definition) is 0. The monoisotopic (exact) mass is 1040 g/mol. The Bertz CT molecular complexity index is 4960. The van der Waals surface area contributed by atoms with E-state index in [1.807, 2.05) is 12.1 Å². The van der Waals surface area contributed by atoms with E-state index in [4.69, 9.17) is 19.4 Å². The molecule has 0 aliphatic heterocycles. The minimum Gasteiger partial charge on any atom is -0.456 e. The van der Waals surface area contributed by atoms with Crippen LogP contribution in [-0.2, 0) is 0 Å². The zero-order valence-corrected chi connectivity index (χ0v) is 44.4. The van der Waals surface area contributed by atoms with E-state index in [1.54, 1.807) is 0 Å². The van der Waals surface area contributed by atoms with Crippen LogP contribution in [0.2, 0.25) is 0 Å². The molecule has 82 heavy (non-hydrogen) atoms. The second-order valence-electron chi connectivity index (χ2n) is 21.1. The first-order valence-corrected chi connectivity index (χ1v) is 27.8. The van der Waals surface area contributed by atoms with Crippen LogP contribution >= 0.6 is 0 Å². The molecule has 0 bridgehead atoms. The van der Waals surface area contributed by atoms with Gasteiger partial charge in [-0.05, 0) is 115 Å².